The highest BCUT2D eigenvalue weighted by Gasteiger charge is 2.23. The predicted octanol–water partition coefficient (Wildman–Crippen LogP) is 2.24. The first kappa shape index (κ1) is 17.9. The van der Waals surface area contributed by atoms with Crippen LogP contribution in [0.5, 0.6) is 0 Å². The summed E-state index contributed by atoms with van der Waals surface area (Å²) in [5.74, 6) is -0.0149. The fourth-order valence-electron chi connectivity index (χ4n) is 3.51. The maximum Gasteiger partial charge on any atom is 0.262 e. The number of fused-ring (bicyclic) bond motifs is 1. The van der Waals surface area contributed by atoms with Gasteiger partial charge in [-0.25, -0.2) is 4.98 Å². The average Bonchev–Trinajstić information content (AvgIpc) is 3.32. The van der Waals surface area contributed by atoms with E-state index in [4.69, 9.17) is 0 Å². The maximum atomic E-state index is 12.4. The Bertz CT molecular complexity index is 982. The zero-order chi connectivity index (χ0) is 18.6. The quantitative estimate of drug-likeness (QED) is 0.710. The lowest BCUT2D eigenvalue weighted by atomic mass is 10.2. The van der Waals surface area contributed by atoms with Crippen molar-refractivity contribution in [3.63, 3.8) is 0 Å². The van der Waals surface area contributed by atoms with Gasteiger partial charge in [-0.2, -0.15) is 0 Å². The second-order valence-corrected chi connectivity index (χ2v) is 7.80. The minimum atomic E-state index is -0.0797. The summed E-state index contributed by atoms with van der Waals surface area (Å²) in [4.78, 5) is 32.0. The van der Waals surface area contributed by atoms with Crippen molar-refractivity contribution in [1.82, 2.24) is 19.8 Å². The molecule has 1 atom stereocenters. The smallest absolute Gasteiger partial charge is 0.262 e. The van der Waals surface area contributed by atoms with Crippen molar-refractivity contribution in [3.05, 3.63) is 64.0 Å². The lowest BCUT2D eigenvalue weighted by molar-refractivity contribution is -0.121. The number of hydrogen-bond acceptors (Lipinski definition) is 5. The van der Waals surface area contributed by atoms with Gasteiger partial charge in [0, 0.05) is 38.6 Å². The third-order valence-corrected chi connectivity index (χ3v) is 5.74. The van der Waals surface area contributed by atoms with Gasteiger partial charge in [0.15, 0.2) is 0 Å². The van der Waals surface area contributed by atoms with Gasteiger partial charge in [-0.15, -0.1) is 11.3 Å². The SMILES string of the molecule is O=C(CCn1cnc2sccc2c1=O)N[C@@H]1CCN(Cc2ccccc2)C1. The van der Waals surface area contributed by atoms with Crippen LogP contribution in [0.1, 0.15) is 18.4 Å². The van der Waals surface area contributed by atoms with Crippen LogP contribution in [0.15, 0.2) is 52.9 Å². The molecular formula is C20H22N4O2S. The Hall–Kier alpha value is -2.51. The number of carbonyl (C=O) groups is 1. The van der Waals surface area contributed by atoms with Crippen molar-refractivity contribution < 1.29 is 4.79 Å². The molecule has 6 nitrogen and oxygen atoms in total. The molecule has 0 bridgehead atoms. The van der Waals surface area contributed by atoms with Crippen LogP contribution in [0.4, 0.5) is 0 Å². The van der Waals surface area contributed by atoms with Crippen molar-refractivity contribution in [2.24, 2.45) is 0 Å². The summed E-state index contributed by atoms with van der Waals surface area (Å²) in [5, 5.41) is 5.58. The molecule has 3 heterocycles. The molecule has 1 aromatic carbocycles. The van der Waals surface area contributed by atoms with E-state index in [1.54, 1.807) is 6.07 Å². The number of aromatic nitrogens is 2. The standard InChI is InChI=1S/C20H22N4O2S/c25-18(7-10-24-14-21-19-17(20(24)26)8-11-27-19)22-16-6-9-23(13-16)12-15-4-2-1-3-5-15/h1-5,8,11,14,16H,6-7,9-10,12-13H2,(H,22,25)/t16-/m1/s1. The molecule has 4 rings (SSSR count). The van der Waals surface area contributed by atoms with Crippen LogP contribution < -0.4 is 10.9 Å². The molecule has 0 unspecified atom stereocenters. The molecule has 7 heteroatoms. The van der Waals surface area contributed by atoms with E-state index in [-0.39, 0.29) is 23.9 Å². The maximum absolute atomic E-state index is 12.4. The highest BCUT2D eigenvalue weighted by Crippen LogP contribution is 2.14. The van der Waals surface area contributed by atoms with E-state index in [0.29, 0.717) is 11.9 Å². The lowest BCUT2D eigenvalue weighted by Crippen LogP contribution is -2.37. The molecule has 1 N–H and O–H groups in total. The molecule has 0 spiro atoms. The fourth-order valence-corrected chi connectivity index (χ4v) is 4.23. The zero-order valence-corrected chi connectivity index (χ0v) is 15.8. The van der Waals surface area contributed by atoms with Gasteiger partial charge >= 0.3 is 0 Å². The molecule has 0 aliphatic carbocycles. The molecule has 1 amide bonds. The van der Waals surface area contributed by atoms with Crippen LogP contribution in [-0.2, 0) is 17.9 Å². The van der Waals surface area contributed by atoms with Crippen molar-refractivity contribution in [2.75, 3.05) is 13.1 Å². The van der Waals surface area contributed by atoms with Crippen molar-refractivity contribution in [1.29, 1.82) is 0 Å². The monoisotopic (exact) mass is 382 g/mol. The number of carbonyl (C=O) groups excluding carboxylic acids is 1. The van der Waals surface area contributed by atoms with E-state index >= 15 is 0 Å². The molecule has 1 fully saturated rings. The van der Waals surface area contributed by atoms with Crippen molar-refractivity contribution in [2.45, 2.75) is 32.0 Å². The van der Waals surface area contributed by atoms with Gasteiger partial charge in [-0.05, 0) is 23.4 Å². The normalized spacial score (nSPS) is 17.4. The van der Waals surface area contributed by atoms with E-state index in [2.05, 4.69) is 39.5 Å². The summed E-state index contributed by atoms with van der Waals surface area (Å²) in [7, 11) is 0. The number of nitrogens with one attached hydrogen (secondary N) is 1. The third kappa shape index (κ3) is 4.26. The van der Waals surface area contributed by atoms with E-state index in [1.807, 2.05) is 11.4 Å². The lowest BCUT2D eigenvalue weighted by Gasteiger charge is -2.17. The van der Waals surface area contributed by atoms with Crippen LogP contribution in [0.3, 0.4) is 0 Å². The summed E-state index contributed by atoms with van der Waals surface area (Å²) < 4.78 is 1.52. The predicted molar refractivity (Wildman–Crippen MR) is 107 cm³/mol. The van der Waals surface area contributed by atoms with E-state index in [1.165, 1.54) is 27.8 Å². The molecule has 1 aliphatic rings. The van der Waals surface area contributed by atoms with Crippen molar-refractivity contribution >= 4 is 27.5 Å². The second-order valence-electron chi connectivity index (χ2n) is 6.91. The Morgan fingerprint density at radius 2 is 2.11 bits per heavy atom. The van der Waals surface area contributed by atoms with Crippen LogP contribution in [0, 0.1) is 0 Å². The molecule has 140 valence electrons. The van der Waals surface area contributed by atoms with Gasteiger partial charge < -0.3 is 5.32 Å². The van der Waals surface area contributed by atoms with Gasteiger partial charge in [0.25, 0.3) is 5.56 Å². The summed E-state index contributed by atoms with van der Waals surface area (Å²) in [6, 6.07) is 12.3. The van der Waals surface area contributed by atoms with E-state index in [9.17, 15) is 9.59 Å². The number of hydrogen-bond donors (Lipinski definition) is 1. The number of likely N-dealkylation sites (tertiary alicyclic amines) is 1. The Morgan fingerprint density at radius 1 is 1.26 bits per heavy atom. The number of rotatable bonds is 6. The number of nitrogens with zero attached hydrogens (tertiary/aromatic N) is 3. The highest BCUT2D eigenvalue weighted by molar-refractivity contribution is 7.16. The molecule has 1 aliphatic heterocycles. The third-order valence-electron chi connectivity index (χ3n) is 4.92. The van der Waals surface area contributed by atoms with Gasteiger partial charge in [0.2, 0.25) is 5.91 Å². The van der Waals surface area contributed by atoms with Crippen LogP contribution in [0.25, 0.3) is 10.2 Å². The average molecular weight is 382 g/mol. The summed E-state index contributed by atoms with van der Waals surface area (Å²) in [5.41, 5.74) is 1.21. The largest absolute Gasteiger partial charge is 0.352 e. The number of amides is 1. The first-order chi connectivity index (χ1) is 13.2. The number of aryl methyl sites for hydroxylation is 1. The summed E-state index contributed by atoms with van der Waals surface area (Å²) >= 11 is 1.45. The Morgan fingerprint density at radius 3 is 2.96 bits per heavy atom. The topological polar surface area (TPSA) is 67.2 Å². The summed E-state index contributed by atoms with van der Waals surface area (Å²) in [6.45, 7) is 3.11. The Balaban J connectivity index is 1.27. The Kier molecular flexibility index (Phi) is 5.31. The van der Waals surface area contributed by atoms with E-state index in [0.717, 1.165) is 30.9 Å². The Labute approximate surface area is 161 Å². The second kappa shape index (κ2) is 8.02. The minimum Gasteiger partial charge on any atom is -0.352 e. The minimum absolute atomic E-state index is 0.0149. The van der Waals surface area contributed by atoms with Crippen LogP contribution in [0.2, 0.25) is 0 Å². The van der Waals surface area contributed by atoms with Gasteiger partial charge in [0.05, 0.1) is 11.7 Å². The van der Waals surface area contributed by atoms with Gasteiger partial charge in [0.1, 0.15) is 4.83 Å². The number of benzene rings is 1. The zero-order valence-electron chi connectivity index (χ0n) is 15.0. The van der Waals surface area contributed by atoms with Crippen LogP contribution in [-0.4, -0.2) is 39.5 Å². The molecular weight excluding hydrogens is 360 g/mol. The molecule has 2 aromatic heterocycles. The van der Waals surface area contributed by atoms with E-state index < -0.39 is 0 Å². The molecule has 0 saturated carbocycles. The van der Waals surface area contributed by atoms with Crippen LogP contribution >= 0.6 is 11.3 Å². The van der Waals surface area contributed by atoms with Gasteiger partial charge in [-0.3, -0.25) is 19.1 Å². The molecule has 27 heavy (non-hydrogen) atoms. The fraction of sp³-hybridized carbons (Fsp3) is 0.350. The first-order valence-electron chi connectivity index (χ1n) is 9.17. The summed E-state index contributed by atoms with van der Waals surface area (Å²) in [6.07, 6.45) is 2.78. The highest BCUT2D eigenvalue weighted by atomic mass is 32.1. The molecule has 1 saturated heterocycles. The van der Waals surface area contributed by atoms with Crippen molar-refractivity contribution in [3.8, 4) is 0 Å². The molecule has 0 radical (unpaired) electrons. The van der Waals surface area contributed by atoms with Gasteiger partial charge in [-0.1, -0.05) is 30.3 Å². The first-order valence-corrected chi connectivity index (χ1v) is 10.1. The number of thiophene rings is 1. The molecule has 3 aromatic rings.